The Balaban J connectivity index is 2.04. The first-order chi connectivity index (χ1) is 7.05. The van der Waals surface area contributed by atoms with Crippen molar-refractivity contribution < 1.29 is 0 Å². The fraction of sp³-hybridized carbons (Fsp3) is 0.667. The second-order valence-electron chi connectivity index (χ2n) is 5.28. The fourth-order valence-electron chi connectivity index (χ4n) is 1.39. The van der Waals surface area contributed by atoms with Gasteiger partial charge in [-0.25, -0.2) is 9.97 Å². The fourth-order valence-corrected chi connectivity index (χ4v) is 1.39. The van der Waals surface area contributed by atoms with E-state index in [2.05, 4.69) is 36.1 Å². The van der Waals surface area contributed by atoms with Crippen molar-refractivity contribution in [2.75, 3.05) is 0 Å². The molecule has 1 fully saturated rings. The summed E-state index contributed by atoms with van der Waals surface area (Å²) < 4.78 is 0. The molecule has 1 aromatic heterocycles. The molecular weight excluding hydrogens is 186 g/mol. The molecule has 1 aromatic rings. The van der Waals surface area contributed by atoms with Crippen LogP contribution in [0.2, 0.25) is 0 Å². The molecule has 1 heterocycles. The summed E-state index contributed by atoms with van der Waals surface area (Å²) in [4.78, 5) is 8.88. The van der Waals surface area contributed by atoms with Crippen molar-refractivity contribution in [1.29, 1.82) is 0 Å². The van der Waals surface area contributed by atoms with Crippen molar-refractivity contribution in [1.82, 2.24) is 15.3 Å². The summed E-state index contributed by atoms with van der Waals surface area (Å²) in [6, 6.07) is 2.73. The number of nitrogens with one attached hydrogen (secondary N) is 1. The van der Waals surface area contributed by atoms with Crippen LogP contribution in [0.5, 0.6) is 0 Å². The lowest BCUT2D eigenvalue weighted by Gasteiger charge is -2.16. The number of nitrogens with zero attached hydrogens (tertiary/aromatic N) is 2. The third-order valence-corrected chi connectivity index (χ3v) is 2.53. The quantitative estimate of drug-likeness (QED) is 0.820. The van der Waals surface area contributed by atoms with E-state index >= 15 is 0 Å². The van der Waals surface area contributed by atoms with Gasteiger partial charge in [0.05, 0.1) is 5.69 Å². The monoisotopic (exact) mass is 205 g/mol. The zero-order valence-corrected chi connectivity index (χ0v) is 9.75. The summed E-state index contributed by atoms with van der Waals surface area (Å²) in [6.45, 7) is 7.29. The standard InChI is InChI=1S/C12H19N3/c1-12(2,3)11-13-7-6-10(15-11)8-14-9-4-5-9/h6-7,9,14H,4-5,8H2,1-3H3. The lowest BCUT2D eigenvalue weighted by molar-refractivity contribution is 0.537. The van der Waals surface area contributed by atoms with Crippen LogP contribution in [0.4, 0.5) is 0 Å². The molecule has 1 aliphatic carbocycles. The molecule has 0 radical (unpaired) electrons. The molecule has 1 N–H and O–H groups in total. The first-order valence-electron chi connectivity index (χ1n) is 5.61. The SMILES string of the molecule is CC(C)(C)c1nccc(CNC2CC2)n1. The normalized spacial score (nSPS) is 16.7. The van der Waals surface area contributed by atoms with E-state index in [1.807, 2.05) is 12.3 Å². The van der Waals surface area contributed by atoms with Gasteiger partial charge in [-0.2, -0.15) is 0 Å². The summed E-state index contributed by atoms with van der Waals surface area (Å²) in [5.41, 5.74) is 1.14. The Bertz CT molecular complexity index is 337. The van der Waals surface area contributed by atoms with Gasteiger partial charge >= 0.3 is 0 Å². The van der Waals surface area contributed by atoms with E-state index < -0.39 is 0 Å². The van der Waals surface area contributed by atoms with Gasteiger partial charge in [0, 0.05) is 24.2 Å². The molecule has 0 aromatic carbocycles. The van der Waals surface area contributed by atoms with Crippen LogP contribution < -0.4 is 5.32 Å². The van der Waals surface area contributed by atoms with Gasteiger partial charge in [-0.15, -0.1) is 0 Å². The predicted octanol–water partition coefficient (Wildman–Crippen LogP) is 2.03. The molecule has 1 aliphatic rings. The minimum atomic E-state index is 0.0373. The Hall–Kier alpha value is -0.960. The van der Waals surface area contributed by atoms with Crippen molar-refractivity contribution >= 4 is 0 Å². The lowest BCUT2D eigenvalue weighted by atomic mass is 9.96. The van der Waals surface area contributed by atoms with Crippen LogP contribution in [0.1, 0.15) is 45.1 Å². The maximum atomic E-state index is 4.57. The van der Waals surface area contributed by atoms with E-state index in [0.717, 1.165) is 24.1 Å². The first kappa shape index (κ1) is 10.6. The van der Waals surface area contributed by atoms with Crippen molar-refractivity contribution in [3.63, 3.8) is 0 Å². The third-order valence-electron chi connectivity index (χ3n) is 2.53. The highest BCUT2D eigenvalue weighted by molar-refractivity contribution is 5.08. The van der Waals surface area contributed by atoms with Crippen molar-refractivity contribution in [2.45, 2.75) is 51.6 Å². The average molecular weight is 205 g/mol. The van der Waals surface area contributed by atoms with E-state index in [1.165, 1.54) is 12.8 Å². The number of hydrogen-bond acceptors (Lipinski definition) is 3. The van der Waals surface area contributed by atoms with Crippen molar-refractivity contribution in [3.8, 4) is 0 Å². The Morgan fingerprint density at radius 2 is 2.13 bits per heavy atom. The van der Waals surface area contributed by atoms with Crippen LogP contribution in [0.3, 0.4) is 0 Å². The highest BCUT2D eigenvalue weighted by Gasteiger charge is 2.21. The van der Waals surface area contributed by atoms with Crippen LogP contribution in [-0.2, 0) is 12.0 Å². The largest absolute Gasteiger partial charge is 0.308 e. The van der Waals surface area contributed by atoms with Gasteiger partial charge < -0.3 is 5.32 Å². The molecule has 0 atom stereocenters. The van der Waals surface area contributed by atoms with Gasteiger partial charge in [0.1, 0.15) is 5.82 Å². The van der Waals surface area contributed by atoms with Crippen LogP contribution in [0.15, 0.2) is 12.3 Å². The van der Waals surface area contributed by atoms with E-state index in [-0.39, 0.29) is 5.41 Å². The topological polar surface area (TPSA) is 37.8 Å². The van der Waals surface area contributed by atoms with E-state index in [0.29, 0.717) is 0 Å². The van der Waals surface area contributed by atoms with Crippen LogP contribution >= 0.6 is 0 Å². The Morgan fingerprint density at radius 3 is 2.73 bits per heavy atom. The van der Waals surface area contributed by atoms with Crippen molar-refractivity contribution in [2.24, 2.45) is 0 Å². The zero-order chi connectivity index (χ0) is 10.9. The minimum Gasteiger partial charge on any atom is -0.308 e. The number of hydrogen-bond donors (Lipinski definition) is 1. The molecule has 2 rings (SSSR count). The Labute approximate surface area is 91.3 Å². The van der Waals surface area contributed by atoms with Gasteiger partial charge in [-0.05, 0) is 18.9 Å². The minimum absolute atomic E-state index is 0.0373. The van der Waals surface area contributed by atoms with E-state index in [4.69, 9.17) is 0 Å². The molecule has 0 aliphatic heterocycles. The Kier molecular flexibility index (Phi) is 2.74. The Morgan fingerprint density at radius 1 is 1.40 bits per heavy atom. The molecule has 15 heavy (non-hydrogen) atoms. The first-order valence-corrected chi connectivity index (χ1v) is 5.61. The maximum absolute atomic E-state index is 4.57. The highest BCUT2D eigenvalue weighted by Crippen LogP contribution is 2.20. The predicted molar refractivity (Wildman–Crippen MR) is 60.6 cm³/mol. The molecule has 0 bridgehead atoms. The van der Waals surface area contributed by atoms with Gasteiger partial charge in [-0.3, -0.25) is 0 Å². The van der Waals surface area contributed by atoms with E-state index in [1.54, 1.807) is 0 Å². The lowest BCUT2D eigenvalue weighted by Crippen LogP contribution is -2.20. The second kappa shape index (κ2) is 3.89. The van der Waals surface area contributed by atoms with Gasteiger partial charge in [0.2, 0.25) is 0 Å². The molecule has 0 amide bonds. The summed E-state index contributed by atoms with van der Waals surface area (Å²) in [6.07, 6.45) is 4.49. The highest BCUT2D eigenvalue weighted by atomic mass is 15.0. The molecular formula is C12H19N3. The summed E-state index contributed by atoms with van der Waals surface area (Å²) >= 11 is 0. The van der Waals surface area contributed by atoms with Gasteiger partial charge in [0.25, 0.3) is 0 Å². The molecule has 3 heteroatoms. The summed E-state index contributed by atoms with van der Waals surface area (Å²) in [5.74, 6) is 0.928. The molecule has 3 nitrogen and oxygen atoms in total. The maximum Gasteiger partial charge on any atom is 0.133 e. The van der Waals surface area contributed by atoms with Gasteiger partial charge in [0.15, 0.2) is 0 Å². The van der Waals surface area contributed by atoms with Gasteiger partial charge in [-0.1, -0.05) is 20.8 Å². The second-order valence-corrected chi connectivity index (χ2v) is 5.28. The number of aromatic nitrogens is 2. The average Bonchev–Trinajstić information content (AvgIpc) is 2.97. The summed E-state index contributed by atoms with van der Waals surface area (Å²) in [5, 5.41) is 3.46. The van der Waals surface area contributed by atoms with E-state index in [9.17, 15) is 0 Å². The van der Waals surface area contributed by atoms with Crippen LogP contribution in [0, 0.1) is 0 Å². The molecule has 0 spiro atoms. The molecule has 0 saturated heterocycles. The summed E-state index contributed by atoms with van der Waals surface area (Å²) in [7, 11) is 0. The van der Waals surface area contributed by atoms with Crippen LogP contribution in [0.25, 0.3) is 0 Å². The molecule has 1 saturated carbocycles. The molecule has 0 unspecified atom stereocenters. The number of rotatable bonds is 3. The zero-order valence-electron chi connectivity index (χ0n) is 9.75. The molecule has 82 valence electrons. The smallest absolute Gasteiger partial charge is 0.133 e. The third kappa shape index (κ3) is 2.99. The van der Waals surface area contributed by atoms with Crippen molar-refractivity contribution in [3.05, 3.63) is 23.8 Å². The van der Waals surface area contributed by atoms with Crippen LogP contribution in [-0.4, -0.2) is 16.0 Å².